The second-order valence-electron chi connectivity index (χ2n) is 6.24. The summed E-state index contributed by atoms with van der Waals surface area (Å²) in [5, 5.41) is 3.65. The number of pyridine rings is 1. The molecule has 0 amide bonds. The van der Waals surface area contributed by atoms with Gasteiger partial charge in [-0.1, -0.05) is 13.8 Å². The summed E-state index contributed by atoms with van der Waals surface area (Å²) in [6.07, 6.45) is 5.85. The van der Waals surface area contributed by atoms with Crippen LogP contribution in [0.3, 0.4) is 0 Å². The number of aromatic nitrogens is 1. The van der Waals surface area contributed by atoms with Crippen molar-refractivity contribution >= 4 is 0 Å². The average molecular weight is 293 g/mol. The zero-order chi connectivity index (χ0) is 15.9. The molecular weight excluding hydrogens is 262 g/mol. The maximum atomic E-state index is 5.72. The van der Waals surface area contributed by atoms with E-state index in [2.05, 4.69) is 63.1 Å². The molecule has 1 aromatic rings. The van der Waals surface area contributed by atoms with E-state index in [4.69, 9.17) is 4.74 Å². The van der Waals surface area contributed by atoms with Crippen molar-refractivity contribution in [2.45, 2.75) is 52.1 Å². The number of nitrogens with one attached hydrogen (secondary N) is 1. The van der Waals surface area contributed by atoms with Gasteiger partial charge in [0.25, 0.3) is 0 Å². The Bertz CT molecular complexity index is 418. The summed E-state index contributed by atoms with van der Waals surface area (Å²) in [5.74, 6) is 0.854. The first-order chi connectivity index (χ1) is 9.93. The van der Waals surface area contributed by atoms with Gasteiger partial charge in [-0.25, -0.2) is 0 Å². The molecule has 0 radical (unpaired) electrons. The molecule has 0 saturated heterocycles. The van der Waals surface area contributed by atoms with Crippen LogP contribution in [-0.4, -0.2) is 42.7 Å². The Kier molecular flexibility index (Phi) is 7.12. The fourth-order valence-electron chi connectivity index (χ4n) is 2.21. The van der Waals surface area contributed by atoms with Crippen molar-refractivity contribution in [1.29, 1.82) is 0 Å². The lowest BCUT2D eigenvalue weighted by Crippen LogP contribution is -2.49. The van der Waals surface area contributed by atoms with E-state index >= 15 is 0 Å². The Balaban J connectivity index is 3.02. The molecule has 1 heterocycles. The fourth-order valence-corrected chi connectivity index (χ4v) is 2.21. The fraction of sp³-hybridized carbons (Fsp3) is 0.706. The van der Waals surface area contributed by atoms with Crippen LogP contribution in [0.2, 0.25) is 0 Å². The number of likely N-dealkylation sites (N-methyl/N-ethyl adjacent to an activating group) is 1. The minimum atomic E-state index is -0.0137. The van der Waals surface area contributed by atoms with Crippen LogP contribution in [0.1, 0.15) is 52.1 Å². The molecular formula is C17H31N3O. The van der Waals surface area contributed by atoms with Crippen molar-refractivity contribution < 1.29 is 4.74 Å². The highest BCUT2D eigenvalue weighted by Gasteiger charge is 2.32. The number of rotatable bonds is 9. The van der Waals surface area contributed by atoms with Crippen molar-refractivity contribution in [3.8, 4) is 5.75 Å². The van der Waals surface area contributed by atoms with E-state index < -0.39 is 0 Å². The predicted octanol–water partition coefficient (Wildman–Crippen LogP) is 3.25. The predicted molar refractivity (Wildman–Crippen MR) is 88.8 cm³/mol. The second-order valence-corrected chi connectivity index (χ2v) is 6.24. The van der Waals surface area contributed by atoms with Crippen LogP contribution in [0.4, 0.5) is 0 Å². The Morgan fingerprint density at radius 2 is 1.95 bits per heavy atom. The van der Waals surface area contributed by atoms with E-state index in [1.165, 1.54) is 5.56 Å². The zero-order valence-corrected chi connectivity index (χ0v) is 14.4. The summed E-state index contributed by atoms with van der Waals surface area (Å²) in [7, 11) is 4.23. The minimum Gasteiger partial charge on any atom is -0.492 e. The smallest absolute Gasteiger partial charge is 0.137 e. The molecule has 0 saturated carbocycles. The van der Waals surface area contributed by atoms with Gasteiger partial charge >= 0.3 is 0 Å². The first kappa shape index (κ1) is 17.9. The molecule has 0 aliphatic rings. The molecule has 1 atom stereocenters. The highest BCUT2D eigenvalue weighted by molar-refractivity contribution is 5.28. The Hall–Kier alpha value is -1.13. The second kappa shape index (κ2) is 8.35. The lowest BCUT2D eigenvalue weighted by Gasteiger charge is -2.41. The van der Waals surface area contributed by atoms with Crippen molar-refractivity contribution in [2.24, 2.45) is 0 Å². The van der Waals surface area contributed by atoms with Crippen molar-refractivity contribution in [3.63, 3.8) is 0 Å². The lowest BCUT2D eigenvalue weighted by atomic mass is 9.88. The molecule has 21 heavy (non-hydrogen) atoms. The molecule has 0 aliphatic carbocycles. The van der Waals surface area contributed by atoms with Gasteiger partial charge in [-0.15, -0.1) is 0 Å². The lowest BCUT2D eigenvalue weighted by molar-refractivity contribution is 0.137. The molecule has 120 valence electrons. The summed E-state index contributed by atoms with van der Waals surface area (Å²) in [4.78, 5) is 6.61. The number of hydrogen-bond donors (Lipinski definition) is 1. The van der Waals surface area contributed by atoms with E-state index in [-0.39, 0.29) is 11.6 Å². The first-order valence-corrected chi connectivity index (χ1v) is 7.92. The third-order valence-electron chi connectivity index (χ3n) is 4.00. The standard InChI is InChI=1S/C17H31N3O/c1-7-9-19-16(17(3,4)20(5)6)14-11-15(13-18-12-14)21-10-8-2/h11-13,16,19H,7-10H2,1-6H3. The highest BCUT2D eigenvalue weighted by Crippen LogP contribution is 2.30. The quantitative estimate of drug-likeness (QED) is 0.758. The van der Waals surface area contributed by atoms with Gasteiger partial charge in [0.05, 0.1) is 18.8 Å². The van der Waals surface area contributed by atoms with Gasteiger partial charge in [0.1, 0.15) is 5.75 Å². The Morgan fingerprint density at radius 3 is 2.52 bits per heavy atom. The van der Waals surface area contributed by atoms with E-state index in [1.54, 1.807) is 6.20 Å². The normalized spacial score (nSPS) is 13.5. The van der Waals surface area contributed by atoms with Crippen molar-refractivity contribution in [2.75, 3.05) is 27.2 Å². The van der Waals surface area contributed by atoms with Gasteiger partial charge in [-0.05, 0) is 59.0 Å². The van der Waals surface area contributed by atoms with Crippen LogP contribution in [0.5, 0.6) is 5.75 Å². The summed E-state index contributed by atoms with van der Waals surface area (Å²) in [6.45, 7) is 10.5. The van der Waals surface area contributed by atoms with E-state index in [0.717, 1.165) is 31.7 Å². The largest absolute Gasteiger partial charge is 0.492 e. The Labute approximate surface area is 129 Å². The van der Waals surface area contributed by atoms with Crippen LogP contribution >= 0.6 is 0 Å². The van der Waals surface area contributed by atoms with E-state index in [1.807, 2.05) is 6.20 Å². The number of ether oxygens (including phenoxy) is 1. The molecule has 0 bridgehead atoms. The van der Waals surface area contributed by atoms with Gasteiger partial charge in [0, 0.05) is 11.7 Å². The van der Waals surface area contributed by atoms with Crippen molar-refractivity contribution in [1.82, 2.24) is 15.2 Å². The maximum Gasteiger partial charge on any atom is 0.137 e. The summed E-state index contributed by atoms with van der Waals surface area (Å²) in [6, 6.07) is 2.33. The van der Waals surface area contributed by atoms with Crippen LogP contribution in [0, 0.1) is 0 Å². The van der Waals surface area contributed by atoms with E-state index in [0.29, 0.717) is 0 Å². The molecule has 0 spiro atoms. The zero-order valence-electron chi connectivity index (χ0n) is 14.4. The van der Waals surface area contributed by atoms with Gasteiger partial charge in [-0.3, -0.25) is 4.98 Å². The molecule has 4 heteroatoms. The third kappa shape index (κ3) is 4.97. The number of hydrogen-bond acceptors (Lipinski definition) is 4. The van der Waals surface area contributed by atoms with Gasteiger partial charge in [0.15, 0.2) is 0 Å². The van der Waals surface area contributed by atoms with Crippen LogP contribution in [-0.2, 0) is 0 Å². The maximum absolute atomic E-state index is 5.72. The van der Waals surface area contributed by atoms with E-state index in [9.17, 15) is 0 Å². The molecule has 4 nitrogen and oxygen atoms in total. The molecule has 0 aromatic carbocycles. The Morgan fingerprint density at radius 1 is 1.24 bits per heavy atom. The highest BCUT2D eigenvalue weighted by atomic mass is 16.5. The van der Waals surface area contributed by atoms with Gasteiger partial charge in [0.2, 0.25) is 0 Å². The first-order valence-electron chi connectivity index (χ1n) is 7.92. The molecule has 0 aliphatic heterocycles. The molecule has 1 aromatic heterocycles. The monoisotopic (exact) mass is 293 g/mol. The van der Waals surface area contributed by atoms with Crippen LogP contribution in [0.15, 0.2) is 18.5 Å². The summed E-state index contributed by atoms with van der Waals surface area (Å²) in [5.41, 5.74) is 1.16. The SMILES string of the molecule is CCCNC(c1cncc(OCCC)c1)C(C)(C)N(C)C. The summed E-state index contributed by atoms with van der Waals surface area (Å²) >= 11 is 0. The minimum absolute atomic E-state index is 0.0137. The van der Waals surface area contributed by atoms with Gasteiger partial charge in [-0.2, -0.15) is 0 Å². The van der Waals surface area contributed by atoms with Crippen LogP contribution < -0.4 is 10.1 Å². The topological polar surface area (TPSA) is 37.4 Å². The summed E-state index contributed by atoms with van der Waals surface area (Å²) < 4.78 is 5.72. The van der Waals surface area contributed by atoms with Crippen molar-refractivity contribution in [3.05, 3.63) is 24.0 Å². The number of nitrogens with zero attached hydrogens (tertiary/aromatic N) is 2. The third-order valence-corrected chi connectivity index (χ3v) is 4.00. The average Bonchev–Trinajstić information content (AvgIpc) is 2.45. The molecule has 1 N–H and O–H groups in total. The molecule has 1 rings (SSSR count). The molecule has 1 unspecified atom stereocenters. The van der Waals surface area contributed by atoms with Crippen LogP contribution in [0.25, 0.3) is 0 Å². The van der Waals surface area contributed by atoms with Gasteiger partial charge < -0.3 is 15.0 Å². The molecule has 0 fully saturated rings.